The highest BCUT2D eigenvalue weighted by Crippen LogP contribution is 2.22. The number of piperidine rings is 1. The van der Waals surface area contributed by atoms with E-state index in [-0.39, 0.29) is 18.3 Å². The predicted molar refractivity (Wildman–Crippen MR) is 85.1 cm³/mol. The van der Waals surface area contributed by atoms with Gasteiger partial charge in [-0.1, -0.05) is 25.1 Å². The van der Waals surface area contributed by atoms with E-state index in [0.717, 1.165) is 18.7 Å². The highest BCUT2D eigenvalue weighted by Gasteiger charge is 2.28. The molecular formula is C15H24ClN3O. The van der Waals surface area contributed by atoms with Gasteiger partial charge in [-0.2, -0.15) is 0 Å². The Hall–Kier alpha value is -1.10. The monoisotopic (exact) mass is 297 g/mol. The van der Waals surface area contributed by atoms with E-state index in [9.17, 15) is 4.79 Å². The van der Waals surface area contributed by atoms with Crippen LogP contribution in [0.1, 0.15) is 19.8 Å². The van der Waals surface area contributed by atoms with Crippen LogP contribution in [-0.2, 0) is 4.79 Å². The van der Waals surface area contributed by atoms with Crippen molar-refractivity contribution in [1.29, 1.82) is 0 Å². The number of nitrogens with two attached hydrogens (primary N) is 1. The van der Waals surface area contributed by atoms with Crippen LogP contribution in [-0.4, -0.2) is 36.5 Å². The van der Waals surface area contributed by atoms with Crippen LogP contribution in [0.15, 0.2) is 30.3 Å². The van der Waals surface area contributed by atoms with Crippen molar-refractivity contribution in [2.24, 2.45) is 11.7 Å². The van der Waals surface area contributed by atoms with Gasteiger partial charge in [0.1, 0.15) is 0 Å². The van der Waals surface area contributed by atoms with Gasteiger partial charge in [0, 0.05) is 18.3 Å². The molecule has 2 atom stereocenters. The summed E-state index contributed by atoms with van der Waals surface area (Å²) >= 11 is 0. The average molecular weight is 298 g/mol. The summed E-state index contributed by atoms with van der Waals surface area (Å²) in [5.41, 5.74) is 6.69. The quantitative estimate of drug-likeness (QED) is 0.895. The first-order valence-electron chi connectivity index (χ1n) is 6.99. The molecule has 1 saturated heterocycles. The first-order chi connectivity index (χ1) is 9.20. The zero-order chi connectivity index (χ0) is 13.7. The van der Waals surface area contributed by atoms with Crippen LogP contribution in [0.5, 0.6) is 0 Å². The number of para-hydroxylation sites is 1. The molecule has 1 aliphatic heterocycles. The van der Waals surface area contributed by atoms with Gasteiger partial charge in [-0.3, -0.25) is 9.69 Å². The zero-order valence-corrected chi connectivity index (χ0v) is 12.7. The van der Waals surface area contributed by atoms with Gasteiger partial charge in [0.25, 0.3) is 0 Å². The van der Waals surface area contributed by atoms with E-state index in [1.807, 2.05) is 30.3 Å². The van der Waals surface area contributed by atoms with Gasteiger partial charge >= 0.3 is 0 Å². The van der Waals surface area contributed by atoms with Gasteiger partial charge in [0.2, 0.25) is 5.91 Å². The summed E-state index contributed by atoms with van der Waals surface area (Å²) in [5.74, 6) is 0.613. The van der Waals surface area contributed by atoms with Crippen molar-refractivity contribution in [2.75, 3.05) is 25.0 Å². The number of anilines is 1. The highest BCUT2D eigenvalue weighted by atomic mass is 35.5. The van der Waals surface area contributed by atoms with Gasteiger partial charge < -0.3 is 11.1 Å². The second kappa shape index (κ2) is 8.25. The van der Waals surface area contributed by atoms with E-state index in [1.165, 1.54) is 6.42 Å². The van der Waals surface area contributed by atoms with Gasteiger partial charge in [-0.15, -0.1) is 12.4 Å². The van der Waals surface area contributed by atoms with Crippen molar-refractivity contribution in [3.8, 4) is 0 Å². The van der Waals surface area contributed by atoms with E-state index in [1.54, 1.807) is 0 Å². The van der Waals surface area contributed by atoms with Crippen LogP contribution >= 0.6 is 12.4 Å². The van der Waals surface area contributed by atoms with Crippen molar-refractivity contribution in [3.05, 3.63) is 30.3 Å². The minimum absolute atomic E-state index is 0. The Bertz CT molecular complexity index is 413. The van der Waals surface area contributed by atoms with Crippen molar-refractivity contribution < 1.29 is 4.79 Å². The Morgan fingerprint density at radius 3 is 2.75 bits per heavy atom. The fraction of sp³-hybridized carbons (Fsp3) is 0.533. The molecular weight excluding hydrogens is 274 g/mol. The molecule has 1 aromatic carbocycles. The lowest BCUT2D eigenvalue weighted by Gasteiger charge is -2.38. The summed E-state index contributed by atoms with van der Waals surface area (Å²) in [7, 11) is 0. The third-order valence-electron chi connectivity index (χ3n) is 3.88. The second-order valence-electron chi connectivity index (χ2n) is 5.31. The Morgan fingerprint density at radius 2 is 2.10 bits per heavy atom. The van der Waals surface area contributed by atoms with Crippen LogP contribution in [0.4, 0.5) is 5.69 Å². The first kappa shape index (κ1) is 17.0. The number of benzene rings is 1. The molecule has 3 N–H and O–H groups in total. The van der Waals surface area contributed by atoms with Crippen LogP contribution in [0.25, 0.3) is 0 Å². The average Bonchev–Trinajstić information content (AvgIpc) is 2.40. The largest absolute Gasteiger partial charge is 0.329 e. The molecule has 1 amide bonds. The molecule has 2 rings (SSSR count). The molecule has 2 unspecified atom stereocenters. The third-order valence-corrected chi connectivity index (χ3v) is 3.88. The van der Waals surface area contributed by atoms with Gasteiger partial charge in [0.05, 0.1) is 6.54 Å². The van der Waals surface area contributed by atoms with Crippen LogP contribution in [0.3, 0.4) is 0 Å². The molecule has 1 heterocycles. The van der Waals surface area contributed by atoms with Crippen LogP contribution in [0.2, 0.25) is 0 Å². The summed E-state index contributed by atoms with van der Waals surface area (Å²) in [6, 6.07) is 9.90. The standard InChI is InChI=1S/C15H23N3O.ClH/c1-12-6-5-9-18(14(12)10-16)11-15(19)17-13-7-3-2-4-8-13;/h2-4,7-8,12,14H,5-6,9-11,16H2,1H3,(H,17,19);1H. The molecule has 5 heteroatoms. The second-order valence-corrected chi connectivity index (χ2v) is 5.31. The van der Waals surface area contributed by atoms with Crippen LogP contribution in [0, 0.1) is 5.92 Å². The molecule has 1 aromatic rings. The SMILES string of the molecule is CC1CCCN(CC(=O)Nc2ccccc2)C1CN.Cl. The van der Waals surface area contributed by atoms with E-state index in [2.05, 4.69) is 17.1 Å². The summed E-state index contributed by atoms with van der Waals surface area (Å²) < 4.78 is 0. The molecule has 0 aliphatic carbocycles. The molecule has 4 nitrogen and oxygen atoms in total. The number of likely N-dealkylation sites (tertiary alicyclic amines) is 1. The Morgan fingerprint density at radius 1 is 1.40 bits per heavy atom. The molecule has 0 bridgehead atoms. The Labute approximate surface area is 127 Å². The lowest BCUT2D eigenvalue weighted by atomic mass is 9.91. The Kier molecular flexibility index (Phi) is 6.99. The van der Waals surface area contributed by atoms with E-state index >= 15 is 0 Å². The van der Waals surface area contributed by atoms with Gasteiger partial charge in [0.15, 0.2) is 0 Å². The predicted octanol–water partition coefficient (Wildman–Crippen LogP) is 2.11. The van der Waals surface area contributed by atoms with Crippen molar-refractivity contribution >= 4 is 24.0 Å². The molecule has 1 aliphatic rings. The molecule has 0 radical (unpaired) electrons. The number of hydrogen-bond donors (Lipinski definition) is 2. The van der Waals surface area contributed by atoms with E-state index in [4.69, 9.17) is 5.73 Å². The number of carbonyl (C=O) groups is 1. The normalized spacial score (nSPS) is 22.9. The van der Waals surface area contributed by atoms with Gasteiger partial charge in [-0.05, 0) is 37.4 Å². The fourth-order valence-electron chi connectivity index (χ4n) is 2.82. The van der Waals surface area contributed by atoms with Crippen molar-refractivity contribution in [1.82, 2.24) is 4.90 Å². The molecule has 0 saturated carbocycles. The third kappa shape index (κ3) is 4.47. The first-order valence-corrected chi connectivity index (χ1v) is 6.99. The van der Waals surface area contributed by atoms with Crippen molar-refractivity contribution in [3.63, 3.8) is 0 Å². The summed E-state index contributed by atoms with van der Waals surface area (Å²) in [5, 5.41) is 2.93. The van der Waals surface area contributed by atoms with E-state index < -0.39 is 0 Å². The maximum atomic E-state index is 12.1. The number of amides is 1. The highest BCUT2D eigenvalue weighted by molar-refractivity contribution is 5.92. The lowest BCUT2D eigenvalue weighted by Crippen LogP contribution is -2.51. The van der Waals surface area contributed by atoms with Crippen molar-refractivity contribution in [2.45, 2.75) is 25.8 Å². The smallest absolute Gasteiger partial charge is 0.238 e. The number of halogens is 1. The van der Waals surface area contributed by atoms with E-state index in [0.29, 0.717) is 25.0 Å². The lowest BCUT2D eigenvalue weighted by molar-refractivity contribution is -0.118. The molecule has 0 aromatic heterocycles. The molecule has 112 valence electrons. The molecule has 20 heavy (non-hydrogen) atoms. The van der Waals surface area contributed by atoms with Gasteiger partial charge in [-0.25, -0.2) is 0 Å². The summed E-state index contributed by atoms with van der Waals surface area (Å²) in [6.07, 6.45) is 2.36. The topological polar surface area (TPSA) is 58.4 Å². The zero-order valence-electron chi connectivity index (χ0n) is 11.9. The minimum Gasteiger partial charge on any atom is -0.329 e. The number of rotatable bonds is 4. The number of nitrogens with zero attached hydrogens (tertiary/aromatic N) is 1. The Balaban J connectivity index is 0.00000200. The minimum atomic E-state index is 0. The number of hydrogen-bond acceptors (Lipinski definition) is 3. The molecule has 0 spiro atoms. The maximum absolute atomic E-state index is 12.1. The van der Waals surface area contributed by atoms with Crippen LogP contribution < -0.4 is 11.1 Å². The molecule has 1 fully saturated rings. The summed E-state index contributed by atoms with van der Waals surface area (Å²) in [6.45, 7) is 4.24. The number of carbonyl (C=O) groups excluding carboxylic acids is 1. The fourth-order valence-corrected chi connectivity index (χ4v) is 2.82. The number of nitrogens with one attached hydrogen (secondary N) is 1. The maximum Gasteiger partial charge on any atom is 0.238 e. The summed E-state index contributed by atoms with van der Waals surface area (Å²) in [4.78, 5) is 14.3.